The van der Waals surface area contributed by atoms with Crippen LogP contribution in [0.4, 0.5) is 17.5 Å². The summed E-state index contributed by atoms with van der Waals surface area (Å²) in [7, 11) is 0. The van der Waals surface area contributed by atoms with Gasteiger partial charge in [-0.3, -0.25) is 14.8 Å². The van der Waals surface area contributed by atoms with Gasteiger partial charge in [-0.05, 0) is 37.0 Å². The highest BCUT2D eigenvalue weighted by molar-refractivity contribution is 5.79. The molecule has 0 aliphatic heterocycles. The second-order valence-electron chi connectivity index (χ2n) is 6.30. The van der Waals surface area contributed by atoms with Gasteiger partial charge >= 0.3 is 0 Å². The van der Waals surface area contributed by atoms with Gasteiger partial charge in [0.2, 0.25) is 11.9 Å². The molecule has 1 saturated carbocycles. The van der Waals surface area contributed by atoms with Crippen molar-refractivity contribution in [1.82, 2.24) is 19.9 Å². The van der Waals surface area contributed by atoms with E-state index in [1.807, 2.05) is 24.4 Å². The molecular weight excluding hydrogens is 330 g/mol. The molecule has 0 saturated heterocycles. The van der Waals surface area contributed by atoms with Gasteiger partial charge in [0.15, 0.2) is 0 Å². The Morgan fingerprint density at radius 2 is 1.96 bits per heavy atom. The number of aromatic nitrogens is 4. The zero-order chi connectivity index (χ0) is 17.9. The summed E-state index contributed by atoms with van der Waals surface area (Å²) in [4.78, 5) is 28.5. The van der Waals surface area contributed by atoms with E-state index in [0.29, 0.717) is 18.4 Å². The Morgan fingerprint density at radius 1 is 1.15 bits per heavy atom. The molecule has 0 bridgehead atoms. The van der Waals surface area contributed by atoms with Crippen LogP contribution >= 0.6 is 0 Å². The van der Waals surface area contributed by atoms with E-state index in [-0.39, 0.29) is 12.3 Å². The molecule has 0 atom stereocenters. The van der Waals surface area contributed by atoms with E-state index < -0.39 is 0 Å². The molecule has 0 radical (unpaired) electrons. The van der Waals surface area contributed by atoms with Crippen molar-refractivity contribution in [2.45, 2.75) is 25.2 Å². The smallest absolute Gasteiger partial charge is 0.229 e. The van der Waals surface area contributed by atoms with Crippen LogP contribution in [0.5, 0.6) is 0 Å². The minimum atomic E-state index is -0.338. The molecule has 0 unspecified atom stereocenters. The standard InChI is InChI=1S/C18H19N7O/c19-16(26)5-6-22-17-13(11-1-2-11)10-23-18(25-17)24-12-3-4-14-15(9-12)21-8-7-20-14/h3-4,7-11H,1-2,5-6H2,(H2,19,26)(H2,22,23,24,25). The number of nitrogens with zero attached hydrogens (tertiary/aromatic N) is 4. The molecule has 132 valence electrons. The third-order valence-corrected chi connectivity index (χ3v) is 4.22. The van der Waals surface area contributed by atoms with E-state index in [9.17, 15) is 4.79 Å². The van der Waals surface area contributed by atoms with Gasteiger partial charge < -0.3 is 16.4 Å². The highest BCUT2D eigenvalue weighted by atomic mass is 16.1. The highest BCUT2D eigenvalue weighted by Gasteiger charge is 2.27. The van der Waals surface area contributed by atoms with E-state index >= 15 is 0 Å². The Hall–Kier alpha value is -3.29. The van der Waals surface area contributed by atoms with Crippen LogP contribution in [-0.4, -0.2) is 32.4 Å². The molecule has 1 aromatic carbocycles. The maximum absolute atomic E-state index is 11.0. The summed E-state index contributed by atoms with van der Waals surface area (Å²) in [6.07, 6.45) is 7.72. The fourth-order valence-corrected chi connectivity index (χ4v) is 2.76. The fourth-order valence-electron chi connectivity index (χ4n) is 2.76. The lowest BCUT2D eigenvalue weighted by Gasteiger charge is -2.12. The van der Waals surface area contributed by atoms with Crippen LogP contribution < -0.4 is 16.4 Å². The minimum Gasteiger partial charge on any atom is -0.370 e. The quantitative estimate of drug-likeness (QED) is 0.599. The molecule has 26 heavy (non-hydrogen) atoms. The van der Waals surface area contributed by atoms with Gasteiger partial charge in [0, 0.05) is 42.8 Å². The minimum absolute atomic E-state index is 0.264. The van der Waals surface area contributed by atoms with Crippen LogP contribution in [0.1, 0.15) is 30.7 Å². The number of rotatable bonds is 7. The van der Waals surface area contributed by atoms with Gasteiger partial charge in [0.25, 0.3) is 0 Å². The number of nitrogens with one attached hydrogen (secondary N) is 2. The molecule has 1 amide bonds. The second-order valence-corrected chi connectivity index (χ2v) is 6.30. The van der Waals surface area contributed by atoms with Gasteiger partial charge in [-0.1, -0.05) is 0 Å². The summed E-state index contributed by atoms with van der Waals surface area (Å²) in [6, 6.07) is 5.71. The first kappa shape index (κ1) is 16.2. The van der Waals surface area contributed by atoms with Crippen LogP contribution in [0.15, 0.2) is 36.8 Å². The topological polar surface area (TPSA) is 119 Å². The van der Waals surface area contributed by atoms with Crippen molar-refractivity contribution in [1.29, 1.82) is 0 Å². The van der Waals surface area contributed by atoms with E-state index in [4.69, 9.17) is 5.73 Å². The van der Waals surface area contributed by atoms with E-state index in [2.05, 4.69) is 30.6 Å². The fraction of sp³-hybridized carbons (Fsp3) is 0.278. The number of anilines is 3. The molecule has 1 aliphatic rings. The summed E-state index contributed by atoms with van der Waals surface area (Å²) in [5, 5.41) is 6.41. The average Bonchev–Trinajstić information content (AvgIpc) is 3.47. The number of benzene rings is 1. The Kier molecular flexibility index (Phi) is 4.30. The lowest BCUT2D eigenvalue weighted by Crippen LogP contribution is -2.17. The van der Waals surface area contributed by atoms with Gasteiger partial charge in [-0.15, -0.1) is 0 Å². The summed E-state index contributed by atoms with van der Waals surface area (Å²) in [5.41, 5.74) is 8.76. The predicted octanol–water partition coefficient (Wildman–Crippen LogP) is 2.33. The van der Waals surface area contributed by atoms with Crippen molar-refractivity contribution in [3.63, 3.8) is 0 Å². The molecule has 1 aliphatic carbocycles. The van der Waals surface area contributed by atoms with Crippen LogP contribution in [0.2, 0.25) is 0 Å². The van der Waals surface area contributed by atoms with Gasteiger partial charge in [0.05, 0.1) is 11.0 Å². The van der Waals surface area contributed by atoms with Crippen LogP contribution in [0.25, 0.3) is 11.0 Å². The number of primary amides is 1. The Balaban J connectivity index is 1.56. The SMILES string of the molecule is NC(=O)CCNc1nc(Nc2ccc3nccnc3c2)ncc1C1CC1. The molecule has 3 aromatic rings. The molecule has 2 aromatic heterocycles. The molecule has 4 rings (SSSR count). The second kappa shape index (κ2) is 6.91. The Morgan fingerprint density at radius 3 is 2.73 bits per heavy atom. The highest BCUT2D eigenvalue weighted by Crippen LogP contribution is 2.42. The molecule has 0 spiro atoms. The summed E-state index contributed by atoms with van der Waals surface area (Å²) < 4.78 is 0. The van der Waals surface area contributed by atoms with Crippen LogP contribution in [0, 0.1) is 0 Å². The molecule has 1 fully saturated rings. The molecule has 2 heterocycles. The maximum Gasteiger partial charge on any atom is 0.229 e. The molecule has 4 N–H and O–H groups in total. The van der Waals surface area contributed by atoms with Crippen molar-refractivity contribution in [3.8, 4) is 0 Å². The van der Waals surface area contributed by atoms with Crippen molar-refractivity contribution < 1.29 is 4.79 Å². The first-order valence-electron chi connectivity index (χ1n) is 8.56. The number of carbonyl (C=O) groups is 1. The molecular formula is C18H19N7O. The van der Waals surface area contributed by atoms with Crippen LogP contribution in [0.3, 0.4) is 0 Å². The monoisotopic (exact) mass is 349 g/mol. The summed E-state index contributed by atoms with van der Waals surface area (Å²) in [5.74, 6) is 1.40. The normalized spacial score (nSPS) is 13.5. The first-order chi connectivity index (χ1) is 12.7. The number of amides is 1. The number of hydrogen-bond acceptors (Lipinski definition) is 7. The number of hydrogen-bond donors (Lipinski definition) is 3. The Bertz CT molecular complexity index is 955. The number of nitrogens with two attached hydrogens (primary N) is 1. The van der Waals surface area contributed by atoms with Crippen molar-refractivity contribution in [2.24, 2.45) is 5.73 Å². The predicted molar refractivity (Wildman–Crippen MR) is 99.1 cm³/mol. The van der Waals surface area contributed by atoms with Crippen molar-refractivity contribution in [2.75, 3.05) is 17.2 Å². The van der Waals surface area contributed by atoms with Crippen molar-refractivity contribution >= 4 is 34.4 Å². The maximum atomic E-state index is 11.0. The lowest BCUT2D eigenvalue weighted by molar-refractivity contribution is -0.117. The van der Waals surface area contributed by atoms with Gasteiger partial charge in [-0.2, -0.15) is 4.98 Å². The molecule has 8 heteroatoms. The van der Waals surface area contributed by atoms with Gasteiger partial charge in [0.1, 0.15) is 5.82 Å². The average molecular weight is 349 g/mol. The Labute approximate surface area is 150 Å². The first-order valence-corrected chi connectivity index (χ1v) is 8.56. The molecule has 8 nitrogen and oxygen atoms in total. The number of fused-ring (bicyclic) bond motifs is 1. The van der Waals surface area contributed by atoms with Crippen molar-refractivity contribution in [3.05, 3.63) is 42.4 Å². The zero-order valence-electron chi connectivity index (χ0n) is 14.1. The zero-order valence-corrected chi connectivity index (χ0v) is 14.1. The third kappa shape index (κ3) is 3.69. The van der Waals surface area contributed by atoms with Crippen LogP contribution in [-0.2, 0) is 4.79 Å². The third-order valence-electron chi connectivity index (χ3n) is 4.22. The lowest BCUT2D eigenvalue weighted by atomic mass is 10.2. The van der Waals surface area contributed by atoms with E-state index in [0.717, 1.165) is 40.9 Å². The van der Waals surface area contributed by atoms with E-state index in [1.54, 1.807) is 12.4 Å². The van der Waals surface area contributed by atoms with Gasteiger partial charge in [-0.25, -0.2) is 4.98 Å². The van der Waals surface area contributed by atoms with E-state index in [1.165, 1.54) is 0 Å². The number of carbonyl (C=O) groups excluding carboxylic acids is 1. The summed E-state index contributed by atoms with van der Waals surface area (Å²) >= 11 is 0. The summed E-state index contributed by atoms with van der Waals surface area (Å²) in [6.45, 7) is 0.455. The largest absolute Gasteiger partial charge is 0.370 e.